The Morgan fingerprint density at radius 1 is 1.38 bits per heavy atom. The second kappa shape index (κ2) is 3.99. The maximum absolute atomic E-state index is 10.4. The quantitative estimate of drug-likeness (QED) is 0.830. The Morgan fingerprint density at radius 2 is 2.00 bits per heavy atom. The third-order valence-corrected chi connectivity index (χ3v) is 2.71. The number of benzene rings is 1. The average Bonchev–Trinajstić information content (AvgIpc) is 2.06. The van der Waals surface area contributed by atoms with Gasteiger partial charge in [0, 0.05) is 0 Å². The molecular formula is C9H8Cl2O2. The molecule has 13 heavy (non-hydrogen) atoms. The Hall–Kier alpha value is -0.730. The van der Waals surface area contributed by atoms with E-state index >= 15 is 0 Å². The molecule has 70 valence electrons. The number of aliphatic carboxylic acids is 1. The lowest BCUT2D eigenvalue weighted by Gasteiger charge is -2.05. The predicted molar refractivity (Wildman–Crippen MR) is 52.5 cm³/mol. The highest BCUT2D eigenvalue weighted by atomic mass is 35.5. The van der Waals surface area contributed by atoms with Crippen LogP contribution >= 0.6 is 23.2 Å². The van der Waals surface area contributed by atoms with Crippen molar-refractivity contribution in [2.45, 2.75) is 13.3 Å². The molecular weight excluding hydrogens is 211 g/mol. The lowest BCUT2D eigenvalue weighted by atomic mass is 10.1. The average molecular weight is 219 g/mol. The largest absolute Gasteiger partial charge is 0.481 e. The van der Waals surface area contributed by atoms with Crippen molar-refractivity contribution >= 4 is 29.2 Å². The van der Waals surface area contributed by atoms with Crippen LogP contribution in [0.5, 0.6) is 0 Å². The smallest absolute Gasteiger partial charge is 0.307 e. The molecule has 0 spiro atoms. The monoisotopic (exact) mass is 218 g/mol. The van der Waals surface area contributed by atoms with Gasteiger partial charge in [0.25, 0.3) is 0 Å². The van der Waals surface area contributed by atoms with Crippen LogP contribution < -0.4 is 0 Å². The van der Waals surface area contributed by atoms with E-state index in [1.54, 1.807) is 12.1 Å². The zero-order valence-electron chi connectivity index (χ0n) is 6.97. The fourth-order valence-electron chi connectivity index (χ4n) is 0.985. The first kappa shape index (κ1) is 10.4. The number of hydrogen-bond donors (Lipinski definition) is 1. The molecule has 0 aromatic heterocycles. The summed E-state index contributed by atoms with van der Waals surface area (Å²) in [7, 11) is 0. The maximum Gasteiger partial charge on any atom is 0.307 e. The summed E-state index contributed by atoms with van der Waals surface area (Å²) in [5.41, 5.74) is 1.39. The van der Waals surface area contributed by atoms with E-state index < -0.39 is 5.97 Å². The highest BCUT2D eigenvalue weighted by Gasteiger charge is 2.09. The SMILES string of the molecule is Cc1ccc(CC(=O)O)c(Cl)c1Cl. The van der Waals surface area contributed by atoms with Crippen molar-refractivity contribution < 1.29 is 9.90 Å². The molecule has 0 unspecified atom stereocenters. The van der Waals surface area contributed by atoms with E-state index in [-0.39, 0.29) is 6.42 Å². The van der Waals surface area contributed by atoms with Crippen LogP contribution in [-0.4, -0.2) is 11.1 Å². The Bertz CT molecular complexity index is 348. The second-order valence-electron chi connectivity index (χ2n) is 2.74. The molecule has 0 atom stereocenters. The van der Waals surface area contributed by atoms with Crippen molar-refractivity contribution in [3.05, 3.63) is 33.3 Å². The van der Waals surface area contributed by atoms with Crippen LogP contribution in [0.2, 0.25) is 10.0 Å². The molecule has 1 aromatic rings. The number of hydrogen-bond acceptors (Lipinski definition) is 1. The van der Waals surface area contributed by atoms with Crippen LogP contribution in [0.4, 0.5) is 0 Å². The summed E-state index contributed by atoms with van der Waals surface area (Å²) >= 11 is 11.7. The highest BCUT2D eigenvalue weighted by molar-refractivity contribution is 6.43. The number of aryl methyl sites for hydroxylation is 1. The number of carboxylic acids is 1. The molecule has 0 saturated heterocycles. The Balaban J connectivity index is 3.10. The van der Waals surface area contributed by atoms with E-state index in [1.165, 1.54) is 0 Å². The third kappa shape index (κ3) is 2.36. The molecule has 2 nitrogen and oxygen atoms in total. The van der Waals surface area contributed by atoms with Crippen LogP contribution in [-0.2, 0) is 11.2 Å². The van der Waals surface area contributed by atoms with Crippen LogP contribution in [0, 0.1) is 6.92 Å². The molecule has 1 N–H and O–H groups in total. The van der Waals surface area contributed by atoms with Crippen molar-refractivity contribution in [2.24, 2.45) is 0 Å². The molecule has 0 heterocycles. The van der Waals surface area contributed by atoms with E-state index in [0.29, 0.717) is 15.6 Å². The van der Waals surface area contributed by atoms with Gasteiger partial charge in [-0.1, -0.05) is 35.3 Å². The molecule has 0 aliphatic heterocycles. The van der Waals surface area contributed by atoms with Gasteiger partial charge in [-0.3, -0.25) is 4.79 Å². The molecule has 1 rings (SSSR count). The molecule has 0 saturated carbocycles. The highest BCUT2D eigenvalue weighted by Crippen LogP contribution is 2.29. The second-order valence-corrected chi connectivity index (χ2v) is 3.50. The van der Waals surface area contributed by atoms with Gasteiger partial charge in [0.1, 0.15) is 0 Å². The van der Waals surface area contributed by atoms with Crippen LogP contribution in [0.3, 0.4) is 0 Å². The van der Waals surface area contributed by atoms with E-state index in [1.807, 2.05) is 6.92 Å². The molecule has 0 radical (unpaired) electrons. The number of carbonyl (C=O) groups is 1. The molecule has 0 aliphatic carbocycles. The van der Waals surface area contributed by atoms with Crippen LogP contribution in [0.1, 0.15) is 11.1 Å². The first-order chi connectivity index (χ1) is 6.02. The summed E-state index contributed by atoms with van der Waals surface area (Å²) in [6, 6.07) is 3.43. The zero-order valence-corrected chi connectivity index (χ0v) is 8.49. The van der Waals surface area contributed by atoms with Crippen LogP contribution in [0.15, 0.2) is 12.1 Å². The van der Waals surface area contributed by atoms with E-state index in [4.69, 9.17) is 28.3 Å². The summed E-state index contributed by atoms with van der Waals surface area (Å²) in [5, 5.41) is 9.32. The van der Waals surface area contributed by atoms with Gasteiger partial charge in [-0.15, -0.1) is 0 Å². The summed E-state index contributed by atoms with van der Waals surface area (Å²) in [6.07, 6.45) is -0.0984. The topological polar surface area (TPSA) is 37.3 Å². The van der Waals surface area contributed by atoms with Crippen molar-refractivity contribution in [1.29, 1.82) is 0 Å². The van der Waals surface area contributed by atoms with Crippen molar-refractivity contribution in [3.8, 4) is 0 Å². The predicted octanol–water partition coefficient (Wildman–Crippen LogP) is 2.93. The first-order valence-electron chi connectivity index (χ1n) is 3.67. The molecule has 0 bridgehead atoms. The van der Waals surface area contributed by atoms with Crippen molar-refractivity contribution in [1.82, 2.24) is 0 Å². The van der Waals surface area contributed by atoms with Crippen molar-refractivity contribution in [2.75, 3.05) is 0 Å². The lowest BCUT2D eigenvalue weighted by molar-refractivity contribution is -0.136. The summed E-state index contributed by atoms with van der Waals surface area (Å²) < 4.78 is 0. The van der Waals surface area contributed by atoms with E-state index in [9.17, 15) is 4.79 Å². The summed E-state index contributed by atoms with van der Waals surface area (Å²) in [6.45, 7) is 1.82. The van der Waals surface area contributed by atoms with Gasteiger partial charge >= 0.3 is 5.97 Å². The minimum Gasteiger partial charge on any atom is -0.481 e. The number of carboxylic acid groups (broad SMARTS) is 1. The minimum atomic E-state index is -0.915. The summed E-state index contributed by atoms with van der Waals surface area (Å²) in [4.78, 5) is 10.4. The molecule has 4 heteroatoms. The first-order valence-corrected chi connectivity index (χ1v) is 4.43. The molecule has 0 aliphatic rings. The molecule has 1 aromatic carbocycles. The van der Waals surface area contributed by atoms with Crippen molar-refractivity contribution in [3.63, 3.8) is 0 Å². The normalized spacial score (nSPS) is 10.1. The fourth-order valence-corrected chi connectivity index (χ4v) is 1.45. The zero-order chi connectivity index (χ0) is 10.0. The Morgan fingerprint density at radius 3 is 2.54 bits per heavy atom. The Kier molecular flexibility index (Phi) is 3.17. The van der Waals surface area contributed by atoms with Gasteiger partial charge < -0.3 is 5.11 Å². The number of rotatable bonds is 2. The lowest BCUT2D eigenvalue weighted by Crippen LogP contribution is -2.01. The summed E-state index contributed by atoms with van der Waals surface area (Å²) in [5.74, 6) is -0.915. The van der Waals surface area contributed by atoms with Gasteiger partial charge in [-0.05, 0) is 18.1 Å². The van der Waals surface area contributed by atoms with E-state index in [2.05, 4.69) is 0 Å². The van der Waals surface area contributed by atoms with Gasteiger partial charge in [-0.2, -0.15) is 0 Å². The van der Waals surface area contributed by atoms with Gasteiger partial charge in [0.15, 0.2) is 0 Å². The van der Waals surface area contributed by atoms with Crippen LogP contribution in [0.25, 0.3) is 0 Å². The molecule has 0 fully saturated rings. The van der Waals surface area contributed by atoms with E-state index in [0.717, 1.165) is 5.56 Å². The number of halogens is 2. The van der Waals surface area contributed by atoms with Gasteiger partial charge in [-0.25, -0.2) is 0 Å². The van der Waals surface area contributed by atoms with Gasteiger partial charge in [0.2, 0.25) is 0 Å². The standard InChI is InChI=1S/C9H8Cl2O2/c1-5-2-3-6(4-7(12)13)9(11)8(5)10/h2-3H,4H2,1H3,(H,12,13). The fraction of sp³-hybridized carbons (Fsp3) is 0.222. The minimum absolute atomic E-state index is 0.0984. The molecule has 0 amide bonds. The third-order valence-electron chi connectivity index (χ3n) is 1.70. The maximum atomic E-state index is 10.4. The Labute approximate surface area is 86.1 Å². The van der Waals surface area contributed by atoms with Gasteiger partial charge in [0.05, 0.1) is 16.5 Å².